The SMILES string of the molecule is CCCCCC(CCC)CC(CC(CCC)(CCCC)CCCC)C(C)C. The number of unbranched alkanes of at least 4 members (excludes halogenated alkanes) is 4. The zero-order valence-corrected chi connectivity index (χ0v) is 20.5. The Morgan fingerprint density at radius 2 is 1.19 bits per heavy atom. The van der Waals surface area contributed by atoms with Crippen LogP contribution in [-0.2, 0) is 0 Å². The van der Waals surface area contributed by atoms with Crippen molar-refractivity contribution in [2.24, 2.45) is 23.2 Å². The van der Waals surface area contributed by atoms with Gasteiger partial charge in [0.05, 0.1) is 0 Å². The molecule has 0 saturated carbocycles. The van der Waals surface area contributed by atoms with Crippen LogP contribution in [0.5, 0.6) is 0 Å². The molecular formula is C27H56. The highest BCUT2D eigenvalue weighted by atomic mass is 14.4. The van der Waals surface area contributed by atoms with Gasteiger partial charge in [-0.3, -0.25) is 0 Å². The van der Waals surface area contributed by atoms with Gasteiger partial charge < -0.3 is 0 Å². The van der Waals surface area contributed by atoms with Crippen molar-refractivity contribution in [3.05, 3.63) is 0 Å². The van der Waals surface area contributed by atoms with Gasteiger partial charge in [-0.2, -0.15) is 0 Å². The van der Waals surface area contributed by atoms with Gasteiger partial charge in [0, 0.05) is 0 Å². The van der Waals surface area contributed by atoms with Gasteiger partial charge in [-0.05, 0) is 55.3 Å². The van der Waals surface area contributed by atoms with E-state index in [1.165, 1.54) is 103 Å². The van der Waals surface area contributed by atoms with Crippen molar-refractivity contribution < 1.29 is 0 Å². The van der Waals surface area contributed by atoms with Crippen LogP contribution in [0.15, 0.2) is 0 Å². The molecular weight excluding hydrogens is 324 g/mol. The topological polar surface area (TPSA) is 0 Å². The van der Waals surface area contributed by atoms with Crippen LogP contribution in [0.3, 0.4) is 0 Å². The minimum absolute atomic E-state index is 0.635. The Morgan fingerprint density at radius 3 is 1.63 bits per heavy atom. The molecule has 0 heteroatoms. The zero-order chi connectivity index (χ0) is 20.5. The van der Waals surface area contributed by atoms with Crippen LogP contribution in [-0.4, -0.2) is 0 Å². The number of hydrogen-bond donors (Lipinski definition) is 0. The molecule has 27 heavy (non-hydrogen) atoms. The van der Waals surface area contributed by atoms with Crippen molar-refractivity contribution in [2.75, 3.05) is 0 Å². The maximum Gasteiger partial charge on any atom is -0.0295 e. The van der Waals surface area contributed by atoms with Crippen LogP contribution in [0, 0.1) is 23.2 Å². The lowest BCUT2D eigenvalue weighted by Crippen LogP contribution is -2.28. The van der Waals surface area contributed by atoms with E-state index in [-0.39, 0.29) is 0 Å². The molecule has 0 heterocycles. The summed E-state index contributed by atoms with van der Waals surface area (Å²) in [5.74, 6) is 2.75. The lowest BCUT2D eigenvalue weighted by molar-refractivity contribution is 0.115. The molecule has 0 rings (SSSR count). The first-order valence-corrected chi connectivity index (χ1v) is 13.0. The fourth-order valence-electron chi connectivity index (χ4n) is 5.36. The standard InChI is InChI=1S/C27H56/c1-8-13-16-18-25(17-11-4)22-26(24(6)7)23-27(19-12-5,20-14-9-2)21-15-10-3/h24-26H,8-23H2,1-7H3. The van der Waals surface area contributed by atoms with Gasteiger partial charge in [-0.1, -0.05) is 119 Å². The van der Waals surface area contributed by atoms with Crippen LogP contribution in [0.4, 0.5) is 0 Å². The fourth-order valence-corrected chi connectivity index (χ4v) is 5.36. The zero-order valence-electron chi connectivity index (χ0n) is 20.5. The minimum Gasteiger partial charge on any atom is -0.0654 e. The van der Waals surface area contributed by atoms with E-state index in [1.54, 1.807) is 0 Å². The highest BCUT2D eigenvalue weighted by Gasteiger charge is 2.33. The van der Waals surface area contributed by atoms with Gasteiger partial charge in [0.1, 0.15) is 0 Å². The molecule has 0 amide bonds. The van der Waals surface area contributed by atoms with E-state index in [0.29, 0.717) is 5.41 Å². The monoisotopic (exact) mass is 380 g/mol. The van der Waals surface area contributed by atoms with Crippen molar-refractivity contribution in [3.63, 3.8) is 0 Å². The Hall–Kier alpha value is 0. The molecule has 2 atom stereocenters. The third-order valence-electron chi connectivity index (χ3n) is 7.09. The summed E-state index contributed by atoms with van der Waals surface area (Å²) < 4.78 is 0. The van der Waals surface area contributed by atoms with E-state index in [9.17, 15) is 0 Å². The van der Waals surface area contributed by atoms with Crippen molar-refractivity contribution in [1.82, 2.24) is 0 Å². The van der Waals surface area contributed by atoms with Gasteiger partial charge in [-0.25, -0.2) is 0 Å². The summed E-state index contributed by atoms with van der Waals surface area (Å²) in [5.41, 5.74) is 0.635. The second-order valence-corrected chi connectivity index (χ2v) is 10.1. The summed E-state index contributed by atoms with van der Waals surface area (Å²) in [5, 5.41) is 0. The summed E-state index contributed by atoms with van der Waals surface area (Å²) >= 11 is 0. The average molecular weight is 381 g/mol. The van der Waals surface area contributed by atoms with Gasteiger partial charge in [-0.15, -0.1) is 0 Å². The summed E-state index contributed by atoms with van der Waals surface area (Å²) in [6.45, 7) is 16.9. The Morgan fingerprint density at radius 1 is 0.593 bits per heavy atom. The van der Waals surface area contributed by atoms with Crippen molar-refractivity contribution >= 4 is 0 Å². The molecule has 0 aromatic rings. The number of rotatable bonds is 19. The van der Waals surface area contributed by atoms with Crippen LogP contribution < -0.4 is 0 Å². The molecule has 0 radical (unpaired) electrons. The van der Waals surface area contributed by atoms with E-state index < -0.39 is 0 Å². The molecule has 2 unspecified atom stereocenters. The van der Waals surface area contributed by atoms with Crippen LogP contribution in [0.1, 0.15) is 151 Å². The Labute approximate surface area is 174 Å². The maximum absolute atomic E-state index is 2.51. The minimum atomic E-state index is 0.635. The molecule has 0 spiro atoms. The summed E-state index contributed by atoms with van der Waals surface area (Å²) in [6.07, 6.45) is 22.9. The quantitative estimate of drug-likeness (QED) is 0.195. The molecule has 0 aromatic heterocycles. The van der Waals surface area contributed by atoms with Gasteiger partial charge in [0.2, 0.25) is 0 Å². The third-order valence-corrected chi connectivity index (χ3v) is 7.09. The lowest BCUT2D eigenvalue weighted by Gasteiger charge is -2.40. The second kappa shape index (κ2) is 16.9. The number of hydrogen-bond acceptors (Lipinski definition) is 0. The van der Waals surface area contributed by atoms with Crippen LogP contribution in [0.25, 0.3) is 0 Å². The van der Waals surface area contributed by atoms with Crippen LogP contribution in [0.2, 0.25) is 0 Å². The summed E-state index contributed by atoms with van der Waals surface area (Å²) in [4.78, 5) is 0. The second-order valence-electron chi connectivity index (χ2n) is 10.1. The largest absolute Gasteiger partial charge is 0.0654 e. The first-order valence-electron chi connectivity index (χ1n) is 13.0. The first kappa shape index (κ1) is 27.0. The van der Waals surface area contributed by atoms with E-state index in [0.717, 1.165) is 17.8 Å². The normalized spacial score (nSPS) is 14.7. The predicted molar refractivity (Wildman–Crippen MR) is 126 cm³/mol. The smallest absolute Gasteiger partial charge is 0.0295 e. The van der Waals surface area contributed by atoms with E-state index in [4.69, 9.17) is 0 Å². The highest BCUT2D eigenvalue weighted by Crippen LogP contribution is 2.45. The molecule has 164 valence electrons. The Kier molecular flexibility index (Phi) is 16.9. The lowest BCUT2D eigenvalue weighted by atomic mass is 9.66. The van der Waals surface area contributed by atoms with Crippen molar-refractivity contribution in [1.29, 1.82) is 0 Å². The van der Waals surface area contributed by atoms with E-state index >= 15 is 0 Å². The summed E-state index contributed by atoms with van der Waals surface area (Å²) in [7, 11) is 0. The Balaban J connectivity index is 5.20. The molecule has 0 aliphatic carbocycles. The molecule has 0 fully saturated rings. The highest BCUT2D eigenvalue weighted by molar-refractivity contribution is 4.84. The molecule has 0 nitrogen and oxygen atoms in total. The maximum atomic E-state index is 2.51. The van der Waals surface area contributed by atoms with Crippen molar-refractivity contribution in [3.8, 4) is 0 Å². The Bertz CT molecular complexity index is 295. The third kappa shape index (κ3) is 12.2. The fraction of sp³-hybridized carbons (Fsp3) is 1.00. The molecule has 0 aliphatic heterocycles. The molecule has 0 bridgehead atoms. The van der Waals surface area contributed by atoms with E-state index in [2.05, 4.69) is 48.5 Å². The molecule has 0 saturated heterocycles. The van der Waals surface area contributed by atoms with Crippen molar-refractivity contribution in [2.45, 2.75) is 151 Å². The molecule has 0 aromatic carbocycles. The first-order chi connectivity index (χ1) is 13.0. The predicted octanol–water partition coefficient (Wildman–Crippen LogP) is 10.2. The summed E-state index contributed by atoms with van der Waals surface area (Å²) in [6, 6.07) is 0. The molecule has 0 N–H and O–H groups in total. The van der Waals surface area contributed by atoms with Crippen LogP contribution >= 0.6 is 0 Å². The van der Waals surface area contributed by atoms with Gasteiger partial charge >= 0.3 is 0 Å². The van der Waals surface area contributed by atoms with Gasteiger partial charge in [0.25, 0.3) is 0 Å². The van der Waals surface area contributed by atoms with Gasteiger partial charge in [0.15, 0.2) is 0 Å². The average Bonchev–Trinajstić information content (AvgIpc) is 2.64. The molecule has 0 aliphatic rings. The van der Waals surface area contributed by atoms with E-state index in [1.807, 2.05) is 0 Å².